The molecule has 1 aliphatic rings. The number of benzene rings is 2. The highest BCUT2D eigenvalue weighted by Crippen LogP contribution is 2.25. The van der Waals surface area contributed by atoms with Gasteiger partial charge in [0.1, 0.15) is 0 Å². The molecular weight excluding hydrogens is 375 g/mol. The molecule has 0 aliphatic carbocycles. The van der Waals surface area contributed by atoms with Gasteiger partial charge in [-0.25, -0.2) is 0 Å². The standard InChI is InChI=1S/C19H20Cl2N2O3/c20-16-6-3-14(11-17(16)21)18(24)12-22-19(25)13-1-4-15(5-2-13)23-7-9-26-10-8-23/h1-6,11,18,24H,7-10,12H2,(H,22,25). The van der Waals surface area contributed by atoms with Crippen molar-refractivity contribution in [2.75, 3.05) is 37.7 Å². The molecule has 26 heavy (non-hydrogen) atoms. The molecule has 138 valence electrons. The van der Waals surface area contributed by atoms with Crippen LogP contribution >= 0.6 is 23.2 Å². The van der Waals surface area contributed by atoms with Crippen LogP contribution in [-0.2, 0) is 4.74 Å². The molecule has 1 atom stereocenters. The van der Waals surface area contributed by atoms with Gasteiger partial charge in [-0.3, -0.25) is 4.79 Å². The number of anilines is 1. The number of nitrogens with zero attached hydrogens (tertiary/aromatic N) is 1. The van der Waals surface area contributed by atoms with Gasteiger partial charge in [-0.1, -0.05) is 29.3 Å². The van der Waals surface area contributed by atoms with Gasteiger partial charge >= 0.3 is 0 Å². The Hall–Kier alpha value is -1.79. The predicted octanol–water partition coefficient (Wildman–Crippen LogP) is 3.29. The number of morpholine rings is 1. The molecular formula is C19H20Cl2N2O3. The summed E-state index contributed by atoms with van der Waals surface area (Å²) in [4.78, 5) is 14.5. The lowest BCUT2D eigenvalue weighted by Crippen LogP contribution is -2.36. The smallest absolute Gasteiger partial charge is 0.251 e. The van der Waals surface area contributed by atoms with E-state index in [9.17, 15) is 9.90 Å². The minimum atomic E-state index is -0.860. The van der Waals surface area contributed by atoms with Crippen LogP contribution in [0.5, 0.6) is 0 Å². The third kappa shape index (κ3) is 4.68. The molecule has 5 nitrogen and oxygen atoms in total. The molecule has 0 radical (unpaired) electrons. The van der Waals surface area contributed by atoms with Crippen LogP contribution in [0.25, 0.3) is 0 Å². The molecule has 0 spiro atoms. The van der Waals surface area contributed by atoms with Gasteiger partial charge in [-0.05, 0) is 42.0 Å². The average molecular weight is 395 g/mol. The van der Waals surface area contributed by atoms with Gasteiger partial charge in [0.25, 0.3) is 5.91 Å². The molecule has 0 aromatic heterocycles. The molecule has 7 heteroatoms. The van der Waals surface area contributed by atoms with Gasteiger partial charge in [-0.2, -0.15) is 0 Å². The Kier molecular flexibility index (Phi) is 6.38. The second-order valence-electron chi connectivity index (χ2n) is 6.05. The third-order valence-electron chi connectivity index (χ3n) is 4.29. The number of amides is 1. The normalized spacial score (nSPS) is 15.6. The van der Waals surface area contributed by atoms with Crippen LogP contribution in [0.3, 0.4) is 0 Å². The van der Waals surface area contributed by atoms with Crippen molar-refractivity contribution in [3.63, 3.8) is 0 Å². The summed E-state index contributed by atoms with van der Waals surface area (Å²) in [5, 5.41) is 13.7. The number of ether oxygens (including phenoxy) is 1. The van der Waals surface area contributed by atoms with Crippen LogP contribution in [0.15, 0.2) is 42.5 Å². The monoisotopic (exact) mass is 394 g/mol. The van der Waals surface area contributed by atoms with E-state index in [1.165, 1.54) is 0 Å². The first-order valence-electron chi connectivity index (χ1n) is 8.38. The van der Waals surface area contributed by atoms with E-state index < -0.39 is 6.10 Å². The minimum absolute atomic E-state index is 0.0853. The van der Waals surface area contributed by atoms with E-state index in [0.29, 0.717) is 21.2 Å². The maximum absolute atomic E-state index is 12.3. The summed E-state index contributed by atoms with van der Waals surface area (Å²) in [5.41, 5.74) is 2.21. The SMILES string of the molecule is O=C(NCC(O)c1ccc(Cl)c(Cl)c1)c1ccc(N2CCOCC2)cc1. The van der Waals surface area contributed by atoms with Crippen molar-refractivity contribution in [1.29, 1.82) is 0 Å². The fourth-order valence-electron chi connectivity index (χ4n) is 2.77. The van der Waals surface area contributed by atoms with Gasteiger partial charge in [-0.15, -0.1) is 0 Å². The highest BCUT2D eigenvalue weighted by atomic mass is 35.5. The molecule has 2 aromatic rings. The van der Waals surface area contributed by atoms with Crippen molar-refractivity contribution in [2.45, 2.75) is 6.10 Å². The highest BCUT2D eigenvalue weighted by molar-refractivity contribution is 6.42. The van der Waals surface area contributed by atoms with E-state index in [1.54, 1.807) is 30.3 Å². The number of hydrogen-bond acceptors (Lipinski definition) is 4. The van der Waals surface area contributed by atoms with Gasteiger partial charge in [0.05, 0.1) is 29.4 Å². The van der Waals surface area contributed by atoms with Crippen LogP contribution in [0, 0.1) is 0 Å². The van der Waals surface area contributed by atoms with Gasteiger partial charge in [0, 0.05) is 30.9 Å². The second-order valence-corrected chi connectivity index (χ2v) is 6.86. The summed E-state index contributed by atoms with van der Waals surface area (Å²) < 4.78 is 5.34. The second kappa shape index (κ2) is 8.73. The molecule has 1 saturated heterocycles. The minimum Gasteiger partial charge on any atom is -0.387 e. The molecule has 1 heterocycles. The average Bonchev–Trinajstić information content (AvgIpc) is 2.68. The Morgan fingerprint density at radius 1 is 1.12 bits per heavy atom. The van der Waals surface area contributed by atoms with Crippen molar-refractivity contribution >= 4 is 34.8 Å². The fourth-order valence-corrected chi connectivity index (χ4v) is 3.08. The van der Waals surface area contributed by atoms with Crippen molar-refractivity contribution in [1.82, 2.24) is 5.32 Å². The zero-order valence-electron chi connectivity index (χ0n) is 14.1. The first kappa shape index (κ1) is 19.0. The summed E-state index contributed by atoms with van der Waals surface area (Å²) in [7, 11) is 0. The number of hydrogen-bond donors (Lipinski definition) is 2. The largest absolute Gasteiger partial charge is 0.387 e. The number of aliphatic hydroxyl groups is 1. The number of nitrogens with one attached hydrogen (secondary N) is 1. The lowest BCUT2D eigenvalue weighted by molar-refractivity contribution is 0.0916. The van der Waals surface area contributed by atoms with Crippen molar-refractivity contribution < 1.29 is 14.6 Å². The Balaban J connectivity index is 1.56. The first-order chi connectivity index (χ1) is 12.5. The van der Waals surface area contributed by atoms with Crippen LogP contribution < -0.4 is 10.2 Å². The molecule has 0 bridgehead atoms. The number of halogens is 2. The summed E-state index contributed by atoms with van der Waals surface area (Å²) in [6, 6.07) is 12.3. The van der Waals surface area contributed by atoms with Crippen LogP contribution in [0.1, 0.15) is 22.0 Å². The molecule has 0 saturated carbocycles. The van der Waals surface area contributed by atoms with Crippen LogP contribution in [0.4, 0.5) is 5.69 Å². The fraction of sp³-hybridized carbons (Fsp3) is 0.316. The van der Waals surface area contributed by atoms with Crippen LogP contribution in [-0.4, -0.2) is 43.9 Å². The Morgan fingerprint density at radius 2 is 1.81 bits per heavy atom. The summed E-state index contributed by atoms with van der Waals surface area (Å²) in [6.07, 6.45) is -0.860. The molecule has 2 N–H and O–H groups in total. The van der Waals surface area contributed by atoms with E-state index in [1.807, 2.05) is 12.1 Å². The van der Waals surface area contributed by atoms with E-state index in [-0.39, 0.29) is 12.5 Å². The lowest BCUT2D eigenvalue weighted by atomic mass is 10.1. The van der Waals surface area contributed by atoms with Gasteiger partial charge in [0.15, 0.2) is 0 Å². The van der Waals surface area contributed by atoms with E-state index in [2.05, 4.69) is 10.2 Å². The van der Waals surface area contributed by atoms with Crippen molar-refractivity contribution in [2.24, 2.45) is 0 Å². The Morgan fingerprint density at radius 3 is 2.46 bits per heavy atom. The molecule has 3 rings (SSSR count). The van der Waals surface area contributed by atoms with Gasteiger partial charge < -0.3 is 20.1 Å². The van der Waals surface area contributed by atoms with Gasteiger partial charge in [0.2, 0.25) is 0 Å². The summed E-state index contributed by atoms with van der Waals surface area (Å²) in [5.74, 6) is -0.238. The molecule has 2 aromatic carbocycles. The zero-order chi connectivity index (χ0) is 18.5. The zero-order valence-corrected chi connectivity index (χ0v) is 15.6. The quantitative estimate of drug-likeness (QED) is 0.816. The van der Waals surface area contributed by atoms with Crippen LogP contribution in [0.2, 0.25) is 10.0 Å². The van der Waals surface area contributed by atoms with E-state index in [4.69, 9.17) is 27.9 Å². The number of carbonyl (C=O) groups is 1. The number of aliphatic hydroxyl groups excluding tert-OH is 1. The molecule has 1 amide bonds. The summed E-state index contributed by atoms with van der Waals surface area (Å²) >= 11 is 11.8. The molecule has 1 unspecified atom stereocenters. The maximum Gasteiger partial charge on any atom is 0.251 e. The molecule has 1 fully saturated rings. The topological polar surface area (TPSA) is 61.8 Å². The predicted molar refractivity (Wildman–Crippen MR) is 103 cm³/mol. The van der Waals surface area contributed by atoms with Crippen molar-refractivity contribution in [3.05, 3.63) is 63.6 Å². The van der Waals surface area contributed by atoms with E-state index >= 15 is 0 Å². The Labute approximate surface area is 162 Å². The van der Waals surface area contributed by atoms with Crippen molar-refractivity contribution in [3.8, 4) is 0 Å². The first-order valence-corrected chi connectivity index (χ1v) is 9.14. The highest BCUT2D eigenvalue weighted by Gasteiger charge is 2.14. The number of rotatable bonds is 5. The maximum atomic E-state index is 12.3. The van der Waals surface area contributed by atoms with E-state index in [0.717, 1.165) is 32.0 Å². The number of carbonyl (C=O) groups excluding carboxylic acids is 1. The lowest BCUT2D eigenvalue weighted by Gasteiger charge is -2.28. The third-order valence-corrected chi connectivity index (χ3v) is 5.03. The Bertz CT molecular complexity index is 762. The summed E-state index contributed by atoms with van der Waals surface area (Å²) in [6.45, 7) is 3.22. The molecule has 1 aliphatic heterocycles.